The van der Waals surface area contributed by atoms with Crippen LogP contribution in [0.15, 0.2) is 41.8 Å². The first kappa shape index (κ1) is 15.5. The zero-order chi connectivity index (χ0) is 15.3. The van der Waals surface area contributed by atoms with Crippen molar-refractivity contribution in [1.29, 1.82) is 0 Å². The molecular formula is C13H17N3O4S. The van der Waals surface area contributed by atoms with Gasteiger partial charge in [0.2, 0.25) is 0 Å². The number of aliphatic hydroxyl groups is 1. The second-order valence-electron chi connectivity index (χ2n) is 4.29. The maximum Gasteiger partial charge on any atom is 0.260 e. The van der Waals surface area contributed by atoms with Gasteiger partial charge in [0.25, 0.3) is 10.0 Å². The number of hydrogen-bond acceptors (Lipinski definition) is 5. The molecular weight excluding hydrogens is 294 g/mol. The van der Waals surface area contributed by atoms with Crippen molar-refractivity contribution in [3.8, 4) is 5.75 Å². The minimum absolute atomic E-state index is 0.00847. The number of H-pyrrole nitrogens is 1. The third-order valence-corrected chi connectivity index (χ3v) is 4.75. The molecule has 0 bridgehead atoms. The number of hydrogen-bond donors (Lipinski definition) is 2. The number of imidazole rings is 1. The number of aromatic amines is 1. The van der Waals surface area contributed by atoms with Crippen molar-refractivity contribution in [2.45, 2.75) is 11.6 Å². The highest BCUT2D eigenvalue weighted by Gasteiger charge is 2.26. The Morgan fingerprint density at radius 2 is 2.14 bits per heavy atom. The van der Waals surface area contributed by atoms with Gasteiger partial charge in [-0.3, -0.25) is 0 Å². The zero-order valence-corrected chi connectivity index (χ0v) is 12.4. The second-order valence-corrected chi connectivity index (χ2v) is 6.20. The van der Waals surface area contributed by atoms with Gasteiger partial charge in [-0.25, -0.2) is 13.4 Å². The van der Waals surface area contributed by atoms with Gasteiger partial charge in [-0.05, 0) is 6.07 Å². The summed E-state index contributed by atoms with van der Waals surface area (Å²) < 4.78 is 31.4. The molecule has 0 aliphatic rings. The van der Waals surface area contributed by atoms with E-state index in [0.717, 1.165) is 5.56 Å². The Morgan fingerprint density at radius 3 is 2.76 bits per heavy atom. The van der Waals surface area contributed by atoms with E-state index in [1.807, 2.05) is 6.07 Å². The smallest absolute Gasteiger partial charge is 0.260 e. The molecule has 1 aromatic heterocycles. The van der Waals surface area contributed by atoms with Crippen LogP contribution in [0.25, 0.3) is 0 Å². The van der Waals surface area contributed by atoms with Crippen LogP contribution in [0.5, 0.6) is 5.75 Å². The molecule has 0 saturated heterocycles. The Morgan fingerprint density at radius 1 is 1.38 bits per heavy atom. The highest BCUT2D eigenvalue weighted by atomic mass is 32.2. The number of aliphatic hydroxyl groups excluding tert-OH is 1. The van der Waals surface area contributed by atoms with E-state index >= 15 is 0 Å². The fourth-order valence-electron chi connectivity index (χ4n) is 1.94. The number of ether oxygens (including phenoxy) is 1. The summed E-state index contributed by atoms with van der Waals surface area (Å²) in [7, 11) is -2.22. The van der Waals surface area contributed by atoms with Crippen molar-refractivity contribution >= 4 is 10.0 Å². The minimum atomic E-state index is -3.74. The molecule has 0 aliphatic carbocycles. The number of sulfonamides is 1. The fraction of sp³-hybridized carbons (Fsp3) is 0.308. The van der Waals surface area contributed by atoms with Gasteiger partial charge in [0.05, 0.1) is 26.2 Å². The summed E-state index contributed by atoms with van der Waals surface area (Å²) in [6.07, 6.45) is 2.54. The molecule has 0 atom stereocenters. The Balaban J connectivity index is 2.32. The molecule has 8 heteroatoms. The molecule has 0 aliphatic heterocycles. The van der Waals surface area contributed by atoms with Gasteiger partial charge in [0, 0.05) is 18.7 Å². The normalized spacial score (nSPS) is 11.8. The van der Waals surface area contributed by atoms with Crippen LogP contribution in [-0.4, -0.2) is 48.1 Å². The number of methoxy groups -OCH3 is 1. The molecule has 1 aromatic carbocycles. The number of nitrogens with zero attached hydrogens (tertiary/aromatic N) is 2. The van der Waals surface area contributed by atoms with Crippen LogP contribution in [0.4, 0.5) is 0 Å². The van der Waals surface area contributed by atoms with Gasteiger partial charge in [-0.15, -0.1) is 0 Å². The van der Waals surface area contributed by atoms with Gasteiger partial charge in [0.1, 0.15) is 5.75 Å². The minimum Gasteiger partial charge on any atom is -0.496 e. The van der Waals surface area contributed by atoms with Crippen molar-refractivity contribution in [2.24, 2.45) is 0 Å². The first-order valence-electron chi connectivity index (χ1n) is 6.31. The summed E-state index contributed by atoms with van der Waals surface area (Å²) in [6.45, 7) is -0.187. The standard InChI is InChI=1S/C13H17N3O4S/c1-20-12-5-3-2-4-11(12)9-16(6-7-17)21(18,19)13-8-14-10-15-13/h2-5,8,10,17H,6-7,9H2,1H3,(H,14,15). The summed E-state index contributed by atoms with van der Waals surface area (Å²) in [5.74, 6) is 0.597. The van der Waals surface area contributed by atoms with E-state index in [9.17, 15) is 8.42 Å². The largest absolute Gasteiger partial charge is 0.496 e. The topological polar surface area (TPSA) is 95.5 Å². The third-order valence-electron chi connectivity index (χ3n) is 2.98. The Hall–Kier alpha value is -1.90. The molecule has 0 saturated carbocycles. The van der Waals surface area contributed by atoms with Gasteiger partial charge in [-0.2, -0.15) is 4.31 Å². The lowest BCUT2D eigenvalue weighted by atomic mass is 10.2. The molecule has 0 radical (unpaired) electrons. The van der Waals surface area contributed by atoms with Crippen molar-refractivity contribution in [3.05, 3.63) is 42.4 Å². The number of para-hydroxylation sites is 1. The molecule has 0 amide bonds. The maximum absolute atomic E-state index is 12.5. The Kier molecular flexibility index (Phi) is 4.94. The highest BCUT2D eigenvalue weighted by molar-refractivity contribution is 7.89. The summed E-state index contributed by atoms with van der Waals surface area (Å²) in [5, 5.41) is 9.13. The third kappa shape index (κ3) is 3.41. The van der Waals surface area contributed by atoms with Crippen LogP contribution in [0.1, 0.15) is 5.56 Å². The van der Waals surface area contributed by atoms with E-state index < -0.39 is 10.0 Å². The van der Waals surface area contributed by atoms with E-state index in [0.29, 0.717) is 5.75 Å². The number of aromatic nitrogens is 2. The number of nitrogens with one attached hydrogen (secondary N) is 1. The second kappa shape index (κ2) is 6.70. The van der Waals surface area contributed by atoms with Crippen LogP contribution in [0.2, 0.25) is 0 Å². The number of rotatable bonds is 7. The molecule has 0 spiro atoms. The average Bonchev–Trinajstić information content (AvgIpc) is 3.02. The molecule has 0 unspecified atom stereocenters. The van der Waals surface area contributed by atoms with Crippen LogP contribution in [0, 0.1) is 0 Å². The van der Waals surface area contributed by atoms with E-state index in [4.69, 9.17) is 9.84 Å². The van der Waals surface area contributed by atoms with Crippen molar-refractivity contribution in [1.82, 2.24) is 14.3 Å². The van der Waals surface area contributed by atoms with Crippen LogP contribution in [-0.2, 0) is 16.6 Å². The van der Waals surface area contributed by atoms with Gasteiger partial charge in [0.15, 0.2) is 5.03 Å². The first-order valence-corrected chi connectivity index (χ1v) is 7.75. The molecule has 21 heavy (non-hydrogen) atoms. The fourth-order valence-corrected chi connectivity index (χ4v) is 3.25. The predicted molar refractivity (Wildman–Crippen MR) is 76.3 cm³/mol. The summed E-state index contributed by atoms with van der Waals surface area (Å²) in [6, 6.07) is 7.15. The van der Waals surface area contributed by atoms with Gasteiger partial charge in [-0.1, -0.05) is 18.2 Å². The van der Waals surface area contributed by atoms with Crippen molar-refractivity contribution < 1.29 is 18.3 Å². The molecule has 2 N–H and O–H groups in total. The van der Waals surface area contributed by atoms with E-state index in [-0.39, 0.29) is 24.7 Å². The lowest BCUT2D eigenvalue weighted by Gasteiger charge is -2.21. The quantitative estimate of drug-likeness (QED) is 0.781. The summed E-state index contributed by atoms with van der Waals surface area (Å²) in [5.41, 5.74) is 0.719. The van der Waals surface area contributed by atoms with E-state index in [2.05, 4.69) is 9.97 Å². The highest BCUT2D eigenvalue weighted by Crippen LogP contribution is 2.22. The van der Waals surface area contributed by atoms with E-state index in [1.165, 1.54) is 23.9 Å². The molecule has 2 rings (SSSR count). The molecule has 7 nitrogen and oxygen atoms in total. The Bertz CT molecular complexity index is 670. The summed E-state index contributed by atoms with van der Waals surface area (Å²) in [4.78, 5) is 6.30. The molecule has 1 heterocycles. The molecule has 114 valence electrons. The van der Waals surface area contributed by atoms with Crippen LogP contribution in [0.3, 0.4) is 0 Å². The van der Waals surface area contributed by atoms with E-state index in [1.54, 1.807) is 18.2 Å². The lowest BCUT2D eigenvalue weighted by Crippen LogP contribution is -2.33. The lowest BCUT2D eigenvalue weighted by molar-refractivity contribution is 0.249. The van der Waals surface area contributed by atoms with Crippen molar-refractivity contribution in [3.63, 3.8) is 0 Å². The van der Waals surface area contributed by atoms with Gasteiger partial charge < -0.3 is 14.8 Å². The SMILES string of the molecule is COc1ccccc1CN(CCO)S(=O)(=O)c1cnc[nH]1. The first-order chi connectivity index (χ1) is 10.1. The maximum atomic E-state index is 12.5. The van der Waals surface area contributed by atoms with Crippen LogP contribution >= 0.6 is 0 Å². The molecule has 2 aromatic rings. The molecule has 0 fully saturated rings. The average molecular weight is 311 g/mol. The Labute approximate surface area is 123 Å². The summed E-state index contributed by atoms with van der Waals surface area (Å²) >= 11 is 0. The van der Waals surface area contributed by atoms with Crippen molar-refractivity contribution in [2.75, 3.05) is 20.3 Å². The predicted octanol–water partition coefficient (Wildman–Crippen LogP) is 0.602. The van der Waals surface area contributed by atoms with Crippen LogP contribution < -0.4 is 4.74 Å². The monoisotopic (exact) mass is 311 g/mol. The van der Waals surface area contributed by atoms with Gasteiger partial charge >= 0.3 is 0 Å². The number of benzene rings is 1. The zero-order valence-electron chi connectivity index (χ0n) is 11.6.